The number of benzene rings is 1. The topological polar surface area (TPSA) is 81.4 Å². The van der Waals surface area contributed by atoms with Crippen LogP contribution in [0.1, 0.15) is 31.7 Å². The predicted molar refractivity (Wildman–Crippen MR) is 82.6 cm³/mol. The number of hydrogen-bond donors (Lipinski definition) is 2. The van der Waals surface area contributed by atoms with Crippen molar-refractivity contribution >= 4 is 10.0 Å². The summed E-state index contributed by atoms with van der Waals surface area (Å²) in [6.07, 6.45) is 3.65. The number of hydrogen-bond acceptors (Lipinski definition) is 4. The summed E-state index contributed by atoms with van der Waals surface area (Å²) < 4.78 is 32.9. The summed E-state index contributed by atoms with van der Waals surface area (Å²) in [6, 6.07) is 6.78. The van der Waals surface area contributed by atoms with Crippen LogP contribution in [-0.2, 0) is 21.2 Å². The van der Waals surface area contributed by atoms with Crippen molar-refractivity contribution in [3.8, 4) is 0 Å². The van der Waals surface area contributed by atoms with E-state index in [0.717, 1.165) is 31.2 Å². The van der Waals surface area contributed by atoms with Crippen molar-refractivity contribution in [2.24, 2.45) is 5.73 Å². The number of ether oxygens (including phenoxy) is 1. The first-order chi connectivity index (χ1) is 10.0. The zero-order chi connectivity index (χ0) is 15.3. The minimum Gasteiger partial charge on any atom is -0.377 e. The quantitative estimate of drug-likeness (QED) is 0.798. The van der Waals surface area contributed by atoms with E-state index < -0.39 is 10.0 Å². The third kappa shape index (κ3) is 4.51. The van der Waals surface area contributed by atoms with Crippen LogP contribution >= 0.6 is 0 Å². The van der Waals surface area contributed by atoms with E-state index in [1.165, 1.54) is 0 Å². The molecule has 1 saturated heterocycles. The Morgan fingerprint density at radius 1 is 1.38 bits per heavy atom. The Morgan fingerprint density at radius 3 is 2.67 bits per heavy atom. The first kappa shape index (κ1) is 16.4. The molecule has 0 amide bonds. The van der Waals surface area contributed by atoms with Crippen LogP contribution in [0.4, 0.5) is 0 Å². The Labute approximate surface area is 126 Å². The highest BCUT2D eigenvalue weighted by Crippen LogP contribution is 2.18. The highest BCUT2D eigenvalue weighted by molar-refractivity contribution is 7.89. The van der Waals surface area contributed by atoms with Crippen LogP contribution in [0.3, 0.4) is 0 Å². The smallest absolute Gasteiger partial charge is 0.240 e. The molecule has 118 valence electrons. The molecular formula is C15H24N2O3S. The van der Waals surface area contributed by atoms with Gasteiger partial charge in [0.15, 0.2) is 0 Å². The molecule has 0 aromatic heterocycles. The van der Waals surface area contributed by atoms with E-state index in [1.807, 2.05) is 19.1 Å². The van der Waals surface area contributed by atoms with Gasteiger partial charge in [-0.1, -0.05) is 12.1 Å². The summed E-state index contributed by atoms with van der Waals surface area (Å²) in [5.41, 5.74) is 6.58. The van der Waals surface area contributed by atoms with Crippen molar-refractivity contribution in [1.82, 2.24) is 4.72 Å². The van der Waals surface area contributed by atoms with Crippen LogP contribution < -0.4 is 10.5 Å². The molecule has 2 rings (SSSR count). The maximum atomic E-state index is 12.3. The van der Waals surface area contributed by atoms with E-state index >= 15 is 0 Å². The van der Waals surface area contributed by atoms with Crippen molar-refractivity contribution in [3.05, 3.63) is 29.8 Å². The molecule has 3 N–H and O–H groups in total. The fraction of sp³-hybridized carbons (Fsp3) is 0.600. The van der Waals surface area contributed by atoms with Gasteiger partial charge in [0.25, 0.3) is 0 Å². The van der Waals surface area contributed by atoms with Crippen LogP contribution in [0.2, 0.25) is 0 Å². The van der Waals surface area contributed by atoms with Gasteiger partial charge in [-0.2, -0.15) is 0 Å². The van der Waals surface area contributed by atoms with Crippen molar-refractivity contribution in [1.29, 1.82) is 0 Å². The lowest BCUT2D eigenvalue weighted by atomic mass is 10.1. The molecule has 1 aromatic rings. The van der Waals surface area contributed by atoms with Crippen LogP contribution in [0.15, 0.2) is 29.2 Å². The molecule has 1 aliphatic heterocycles. The second-order valence-corrected chi connectivity index (χ2v) is 7.21. The molecule has 21 heavy (non-hydrogen) atoms. The molecule has 0 spiro atoms. The van der Waals surface area contributed by atoms with Crippen molar-refractivity contribution in [2.45, 2.75) is 49.6 Å². The third-order valence-corrected chi connectivity index (χ3v) is 5.34. The summed E-state index contributed by atoms with van der Waals surface area (Å²) in [6.45, 7) is 3.20. The standard InChI is InChI=1S/C15H24N2O3S/c1-12(15-5-3-11-20-15)17-21(18,19)14-8-6-13(7-9-14)4-2-10-16/h6-9,12,15,17H,2-5,10-11,16H2,1H3. The van der Waals surface area contributed by atoms with Gasteiger partial charge in [-0.05, 0) is 56.8 Å². The number of sulfonamides is 1. The van der Waals surface area contributed by atoms with Gasteiger partial charge >= 0.3 is 0 Å². The van der Waals surface area contributed by atoms with E-state index in [-0.39, 0.29) is 12.1 Å². The van der Waals surface area contributed by atoms with E-state index in [9.17, 15) is 8.42 Å². The maximum absolute atomic E-state index is 12.3. The first-order valence-corrected chi connectivity index (χ1v) is 8.94. The van der Waals surface area contributed by atoms with Gasteiger partial charge in [0.2, 0.25) is 10.0 Å². The summed E-state index contributed by atoms with van der Waals surface area (Å²) >= 11 is 0. The first-order valence-electron chi connectivity index (χ1n) is 7.46. The van der Waals surface area contributed by atoms with Gasteiger partial charge in [0.05, 0.1) is 11.0 Å². The second-order valence-electron chi connectivity index (χ2n) is 5.50. The Hall–Kier alpha value is -0.950. The van der Waals surface area contributed by atoms with E-state index in [4.69, 9.17) is 10.5 Å². The van der Waals surface area contributed by atoms with Gasteiger partial charge in [0, 0.05) is 12.6 Å². The van der Waals surface area contributed by atoms with Crippen molar-refractivity contribution < 1.29 is 13.2 Å². The molecule has 2 unspecified atom stereocenters. The van der Waals surface area contributed by atoms with Gasteiger partial charge in [-0.15, -0.1) is 0 Å². The van der Waals surface area contributed by atoms with E-state index in [2.05, 4.69) is 4.72 Å². The fourth-order valence-corrected chi connectivity index (χ4v) is 3.80. The normalized spacial score (nSPS) is 20.6. The molecule has 1 heterocycles. The molecule has 0 aliphatic carbocycles. The zero-order valence-corrected chi connectivity index (χ0v) is 13.2. The number of nitrogens with two attached hydrogens (primary N) is 1. The summed E-state index contributed by atoms with van der Waals surface area (Å²) in [4.78, 5) is 0.295. The molecule has 1 aliphatic rings. The lowest BCUT2D eigenvalue weighted by Crippen LogP contribution is -2.40. The van der Waals surface area contributed by atoms with Gasteiger partial charge in [-0.25, -0.2) is 13.1 Å². The number of rotatable bonds is 7. The van der Waals surface area contributed by atoms with Crippen molar-refractivity contribution in [2.75, 3.05) is 13.2 Å². The molecule has 0 bridgehead atoms. The van der Waals surface area contributed by atoms with Crippen LogP contribution in [0.5, 0.6) is 0 Å². The Kier molecular flexibility index (Phi) is 5.75. The molecule has 2 atom stereocenters. The lowest BCUT2D eigenvalue weighted by Gasteiger charge is -2.20. The average Bonchev–Trinajstić information content (AvgIpc) is 2.99. The largest absolute Gasteiger partial charge is 0.377 e. The Bertz CT molecular complexity index is 537. The number of aryl methyl sites for hydroxylation is 1. The number of nitrogens with one attached hydrogen (secondary N) is 1. The van der Waals surface area contributed by atoms with Gasteiger partial charge in [-0.3, -0.25) is 0 Å². The van der Waals surface area contributed by atoms with Gasteiger partial charge < -0.3 is 10.5 Å². The monoisotopic (exact) mass is 312 g/mol. The van der Waals surface area contributed by atoms with Gasteiger partial charge in [0.1, 0.15) is 0 Å². The average molecular weight is 312 g/mol. The fourth-order valence-electron chi connectivity index (χ4n) is 2.53. The Balaban J connectivity index is 2.01. The SMILES string of the molecule is CC(NS(=O)(=O)c1ccc(CCCN)cc1)C1CCCO1. The van der Waals surface area contributed by atoms with Crippen molar-refractivity contribution in [3.63, 3.8) is 0 Å². The molecule has 6 heteroatoms. The molecule has 0 saturated carbocycles. The molecule has 5 nitrogen and oxygen atoms in total. The highest BCUT2D eigenvalue weighted by atomic mass is 32.2. The minimum atomic E-state index is -3.49. The molecule has 1 aromatic carbocycles. The van der Waals surface area contributed by atoms with E-state index in [0.29, 0.717) is 18.0 Å². The lowest BCUT2D eigenvalue weighted by molar-refractivity contribution is 0.0902. The molecule has 1 fully saturated rings. The van der Waals surface area contributed by atoms with Crippen LogP contribution in [0, 0.1) is 0 Å². The minimum absolute atomic E-state index is 0.0244. The van der Waals surface area contributed by atoms with E-state index in [1.54, 1.807) is 12.1 Å². The van der Waals surface area contributed by atoms with Crippen LogP contribution in [-0.4, -0.2) is 33.7 Å². The summed E-state index contributed by atoms with van der Waals surface area (Å²) in [5, 5.41) is 0. The summed E-state index contributed by atoms with van der Waals surface area (Å²) in [7, 11) is -3.49. The second kappa shape index (κ2) is 7.35. The zero-order valence-electron chi connectivity index (χ0n) is 12.4. The van der Waals surface area contributed by atoms with Crippen LogP contribution in [0.25, 0.3) is 0 Å². The summed E-state index contributed by atoms with van der Waals surface area (Å²) in [5.74, 6) is 0. The maximum Gasteiger partial charge on any atom is 0.240 e. The third-order valence-electron chi connectivity index (χ3n) is 3.77. The highest BCUT2D eigenvalue weighted by Gasteiger charge is 2.26. The predicted octanol–water partition coefficient (Wildman–Crippen LogP) is 1.42. The molecular weight excluding hydrogens is 288 g/mol. The molecule has 0 radical (unpaired) electrons. The Morgan fingerprint density at radius 2 is 2.10 bits per heavy atom.